The summed E-state index contributed by atoms with van der Waals surface area (Å²) in [4.78, 5) is 55.9. The standard InChI is InChI=1S/C47H59ClF2N10O5S/c1-29-41(66-28-54-29)31-16-14-30(15-17-31)22-52-44(63)37-21-35(61)27-60(37)45(64)42(47(2,3)4)57-39(62)13-11-9-7-6-8-10-12-18-65-38-20-33(49)19-32(40(38)50)23-51-43-36(48)25-53-46(58-43)56-34-24-55-59(5)26-34/h14-17,19-20,24-26,28,35,37,42,61H,6-13,18,21-23,27H2,1-5H3,(H,52,63)(H,57,62)(H2,51,53,56,58)/t35-,37+,42-/m1/s1. The predicted molar refractivity (Wildman–Crippen MR) is 251 cm³/mol. The van der Waals surface area contributed by atoms with E-state index in [1.807, 2.05) is 57.5 Å². The second kappa shape index (κ2) is 23.1. The lowest BCUT2D eigenvalue weighted by molar-refractivity contribution is -0.144. The number of β-amino-alcohol motifs (C(OH)–C–C–N with tert-alkyl or cyclic N) is 1. The second-order valence-electron chi connectivity index (χ2n) is 17.7. The highest BCUT2D eigenvalue weighted by molar-refractivity contribution is 7.13. The van der Waals surface area contributed by atoms with Crippen LogP contribution in [0.4, 0.5) is 26.2 Å². The highest BCUT2D eigenvalue weighted by atomic mass is 35.5. The Balaban J connectivity index is 0.872. The Labute approximate surface area is 393 Å². The average molecular weight is 950 g/mol. The molecule has 1 fully saturated rings. The quantitative estimate of drug-likeness (QED) is 0.0421. The minimum absolute atomic E-state index is 0.00460. The highest BCUT2D eigenvalue weighted by Gasteiger charge is 2.44. The smallest absolute Gasteiger partial charge is 0.246 e. The Hall–Kier alpha value is -5.72. The zero-order valence-corrected chi connectivity index (χ0v) is 39.6. The van der Waals surface area contributed by atoms with Crippen molar-refractivity contribution >= 4 is 58.1 Å². The van der Waals surface area contributed by atoms with Crippen molar-refractivity contribution in [2.45, 2.75) is 117 Å². The summed E-state index contributed by atoms with van der Waals surface area (Å²) in [5.74, 6) is -2.00. The van der Waals surface area contributed by atoms with Gasteiger partial charge in [-0.05, 0) is 42.4 Å². The molecule has 3 aromatic heterocycles. The molecule has 15 nitrogen and oxygen atoms in total. The van der Waals surface area contributed by atoms with E-state index in [2.05, 4.69) is 41.3 Å². The number of halogens is 3. The molecule has 0 spiro atoms. The van der Waals surface area contributed by atoms with E-state index in [1.165, 1.54) is 11.1 Å². The number of carbonyl (C=O) groups excluding carboxylic acids is 3. The average Bonchev–Trinajstić information content (AvgIpc) is 4.02. The molecule has 5 aromatic rings. The normalized spacial score (nSPS) is 15.4. The van der Waals surface area contributed by atoms with E-state index in [-0.39, 0.29) is 79.0 Å². The number of hydrogen-bond donors (Lipinski definition) is 5. The summed E-state index contributed by atoms with van der Waals surface area (Å²) >= 11 is 7.84. The molecule has 0 bridgehead atoms. The van der Waals surface area contributed by atoms with Gasteiger partial charge in [0.2, 0.25) is 23.7 Å². The number of aromatic nitrogens is 5. The summed E-state index contributed by atoms with van der Waals surface area (Å²) < 4.78 is 37.1. The topological polar surface area (TPSA) is 189 Å². The molecular weight excluding hydrogens is 890 g/mol. The SMILES string of the molecule is Cc1ncsc1-c1ccc(CNC(=O)[C@@H]2C[C@@H](O)CN2C(=O)[C@@H](NC(=O)CCCCCCCCCOc2cc(F)cc(CNc3nc(Nc4cnn(C)c4)ncc3Cl)c2F)C(C)(C)C)cc1. The fourth-order valence-corrected chi connectivity index (χ4v) is 8.63. The number of rotatable bonds is 22. The summed E-state index contributed by atoms with van der Waals surface area (Å²) in [6.07, 6.45) is 9.92. The van der Waals surface area contributed by atoms with Crippen molar-refractivity contribution in [2.24, 2.45) is 12.5 Å². The van der Waals surface area contributed by atoms with Gasteiger partial charge in [-0.2, -0.15) is 10.1 Å². The number of unbranched alkanes of at least 4 members (excludes halogenated alkanes) is 6. The molecular formula is C47H59ClF2N10O5S. The van der Waals surface area contributed by atoms with E-state index in [0.717, 1.165) is 65.9 Å². The van der Waals surface area contributed by atoms with Gasteiger partial charge in [-0.15, -0.1) is 11.3 Å². The van der Waals surface area contributed by atoms with Crippen LogP contribution < -0.4 is 26.0 Å². The third kappa shape index (κ3) is 13.9. The zero-order chi connectivity index (χ0) is 47.4. The number of aryl methyl sites for hydroxylation is 2. The third-order valence-electron chi connectivity index (χ3n) is 11.2. The van der Waals surface area contributed by atoms with E-state index in [9.17, 15) is 23.9 Å². The van der Waals surface area contributed by atoms with Crippen LogP contribution in [0, 0.1) is 24.0 Å². The minimum Gasteiger partial charge on any atom is -0.490 e. The lowest BCUT2D eigenvalue weighted by Crippen LogP contribution is -2.57. The van der Waals surface area contributed by atoms with Crippen LogP contribution in [-0.4, -0.2) is 83.8 Å². The molecule has 66 heavy (non-hydrogen) atoms. The minimum atomic E-state index is -0.891. The third-order valence-corrected chi connectivity index (χ3v) is 12.5. The Bertz CT molecular complexity index is 2430. The van der Waals surface area contributed by atoms with Crippen LogP contribution in [0.5, 0.6) is 5.75 Å². The van der Waals surface area contributed by atoms with E-state index in [4.69, 9.17) is 16.3 Å². The van der Waals surface area contributed by atoms with Gasteiger partial charge in [-0.25, -0.2) is 18.7 Å². The first-order valence-corrected chi connectivity index (χ1v) is 23.5. The van der Waals surface area contributed by atoms with Gasteiger partial charge in [0.1, 0.15) is 22.9 Å². The second-order valence-corrected chi connectivity index (χ2v) is 18.9. The number of anilines is 3. The maximum atomic E-state index is 15.4. The van der Waals surface area contributed by atoms with E-state index in [0.29, 0.717) is 18.5 Å². The number of hydrogen-bond acceptors (Lipinski definition) is 12. The Morgan fingerprint density at radius 3 is 2.41 bits per heavy atom. The Morgan fingerprint density at radius 2 is 1.73 bits per heavy atom. The van der Waals surface area contributed by atoms with E-state index in [1.54, 1.807) is 35.5 Å². The van der Waals surface area contributed by atoms with Crippen LogP contribution in [0.3, 0.4) is 0 Å². The molecule has 6 rings (SSSR count). The van der Waals surface area contributed by atoms with Crippen molar-refractivity contribution in [1.29, 1.82) is 0 Å². The molecule has 3 amide bonds. The summed E-state index contributed by atoms with van der Waals surface area (Å²) in [6, 6.07) is 8.24. The molecule has 1 saturated heterocycles. The van der Waals surface area contributed by atoms with Crippen molar-refractivity contribution in [3.05, 3.63) is 94.0 Å². The first-order chi connectivity index (χ1) is 31.5. The van der Waals surface area contributed by atoms with Crippen LogP contribution in [0.2, 0.25) is 5.02 Å². The van der Waals surface area contributed by atoms with Crippen molar-refractivity contribution in [3.63, 3.8) is 0 Å². The van der Waals surface area contributed by atoms with Gasteiger partial charge >= 0.3 is 0 Å². The monoisotopic (exact) mass is 948 g/mol. The maximum absolute atomic E-state index is 15.4. The molecule has 0 saturated carbocycles. The fourth-order valence-electron chi connectivity index (χ4n) is 7.66. The molecule has 354 valence electrons. The molecule has 3 atom stereocenters. The summed E-state index contributed by atoms with van der Waals surface area (Å²) in [5.41, 5.74) is 4.78. The fraction of sp³-hybridized carbons (Fsp3) is 0.468. The van der Waals surface area contributed by atoms with E-state index >= 15 is 4.39 Å². The van der Waals surface area contributed by atoms with Crippen molar-refractivity contribution in [2.75, 3.05) is 23.8 Å². The number of benzene rings is 2. The molecule has 19 heteroatoms. The number of amides is 3. The Morgan fingerprint density at radius 1 is 1.00 bits per heavy atom. The van der Waals surface area contributed by atoms with Gasteiger partial charge in [0.15, 0.2) is 17.4 Å². The summed E-state index contributed by atoms with van der Waals surface area (Å²) in [6.45, 7) is 7.94. The number of carbonyl (C=O) groups is 3. The van der Waals surface area contributed by atoms with Crippen LogP contribution >= 0.6 is 22.9 Å². The van der Waals surface area contributed by atoms with Gasteiger partial charge in [-0.3, -0.25) is 19.1 Å². The van der Waals surface area contributed by atoms with Crippen LogP contribution in [0.15, 0.2) is 60.5 Å². The lowest BCUT2D eigenvalue weighted by Gasteiger charge is -2.35. The molecule has 0 aliphatic carbocycles. The maximum Gasteiger partial charge on any atom is 0.246 e. The number of ether oxygens (including phenoxy) is 1. The van der Waals surface area contributed by atoms with Gasteiger partial charge in [-0.1, -0.05) is 88.7 Å². The highest BCUT2D eigenvalue weighted by Crippen LogP contribution is 2.30. The molecule has 1 aliphatic heterocycles. The molecule has 2 aromatic carbocycles. The number of thiazole rings is 1. The first-order valence-electron chi connectivity index (χ1n) is 22.2. The Kier molecular flexibility index (Phi) is 17.4. The van der Waals surface area contributed by atoms with E-state index < -0.39 is 41.1 Å². The number of aliphatic hydroxyl groups is 1. The van der Waals surface area contributed by atoms with Crippen LogP contribution in [-0.2, 0) is 34.5 Å². The van der Waals surface area contributed by atoms with Crippen LogP contribution in [0.25, 0.3) is 10.4 Å². The van der Waals surface area contributed by atoms with Gasteiger partial charge in [0, 0.05) is 57.4 Å². The van der Waals surface area contributed by atoms with Gasteiger partial charge in [0.05, 0.1) is 46.9 Å². The number of nitrogens with one attached hydrogen (secondary N) is 4. The van der Waals surface area contributed by atoms with Crippen LogP contribution in [0.1, 0.15) is 95.4 Å². The number of nitrogens with zero attached hydrogens (tertiary/aromatic N) is 6. The molecule has 0 unspecified atom stereocenters. The van der Waals surface area contributed by atoms with Gasteiger partial charge < -0.3 is 36.0 Å². The first kappa shape index (κ1) is 49.7. The molecule has 0 radical (unpaired) electrons. The number of likely N-dealkylation sites (tertiary alicyclic amines) is 1. The number of aliphatic hydroxyl groups excluding tert-OH is 1. The zero-order valence-electron chi connectivity index (χ0n) is 38.0. The van der Waals surface area contributed by atoms with Crippen molar-refractivity contribution in [1.82, 2.24) is 40.3 Å². The molecule has 4 heterocycles. The molecule has 1 aliphatic rings. The van der Waals surface area contributed by atoms with Gasteiger partial charge in [0.25, 0.3) is 0 Å². The van der Waals surface area contributed by atoms with Crippen molar-refractivity contribution < 1.29 is 33.0 Å². The summed E-state index contributed by atoms with van der Waals surface area (Å²) in [5, 5.41) is 26.7. The van der Waals surface area contributed by atoms with Crippen molar-refractivity contribution in [3.8, 4) is 16.2 Å². The lowest BCUT2D eigenvalue weighted by atomic mass is 9.85. The largest absolute Gasteiger partial charge is 0.490 e. The summed E-state index contributed by atoms with van der Waals surface area (Å²) in [7, 11) is 1.78. The predicted octanol–water partition coefficient (Wildman–Crippen LogP) is 8.24. The molecule has 5 N–H and O–H groups in total.